The van der Waals surface area contributed by atoms with Crippen LogP contribution in [0.25, 0.3) is 0 Å². The maximum absolute atomic E-state index is 12.3. The second-order valence-electron chi connectivity index (χ2n) is 5.28. The Morgan fingerprint density at radius 1 is 1.09 bits per heavy atom. The van der Waals surface area contributed by atoms with E-state index in [9.17, 15) is 9.59 Å². The molecule has 1 N–H and O–H groups in total. The third kappa shape index (κ3) is 3.16. The van der Waals surface area contributed by atoms with Crippen LogP contribution in [0, 0.1) is 0 Å². The molecule has 0 aromatic carbocycles. The quantitative estimate of drug-likeness (QED) is 0.917. The molecule has 0 atom stereocenters. The van der Waals surface area contributed by atoms with E-state index < -0.39 is 0 Å². The van der Waals surface area contributed by atoms with Crippen molar-refractivity contribution in [2.75, 3.05) is 26.2 Å². The molecule has 2 aromatic rings. The number of nitrogens with zero attached hydrogens (tertiary/aromatic N) is 3. The summed E-state index contributed by atoms with van der Waals surface area (Å²) in [6.07, 6.45) is 5.66. The zero-order chi connectivity index (χ0) is 15.4. The zero-order valence-corrected chi connectivity index (χ0v) is 12.2. The average Bonchev–Trinajstić information content (AvgIpc) is 3.08. The SMILES string of the molecule is O=C(Cc1cc[nH]c1)N1CCN(C(=O)c2ccccn2)CC1. The van der Waals surface area contributed by atoms with Gasteiger partial charge in [-0.15, -0.1) is 0 Å². The number of pyridine rings is 1. The summed E-state index contributed by atoms with van der Waals surface area (Å²) in [5.41, 5.74) is 1.44. The zero-order valence-electron chi connectivity index (χ0n) is 12.2. The first-order chi connectivity index (χ1) is 10.7. The van der Waals surface area contributed by atoms with Crippen molar-refractivity contribution >= 4 is 11.8 Å². The van der Waals surface area contributed by atoms with Gasteiger partial charge >= 0.3 is 0 Å². The van der Waals surface area contributed by atoms with E-state index in [1.54, 1.807) is 29.3 Å². The number of carbonyl (C=O) groups excluding carboxylic acids is 2. The molecule has 1 aliphatic rings. The van der Waals surface area contributed by atoms with E-state index >= 15 is 0 Å². The summed E-state index contributed by atoms with van der Waals surface area (Å²) in [6.45, 7) is 2.24. The van der Waals surface area contributed by atoms with Crippen molar-refractivity contribution in [3.63, 3.8) is 0 Å². The molecule has 6 nitrogen and oxygen atoms in total. The van der Waals surface area contributed by atoms with Gasteiger partial charge in [0.1, 0.15) is 5.69 Å². The van der Waals surface area contributed by atoms with E-state index in [-0.39, 0.29) is 11.8 Å². The molecule has 0 radical (unpaired) electrons. The van der Waals surface area contributed by atoms with Gasteiger partial charge in [-0.1, -0.05) is 6.07 Å². The van der Waals surface area contributed by atoms with Crippen LogP contribution in [0.2, 0.25) is 0 Å². The number of amides is 2. The highest BCUT2D eigenvalue weighted by atomic mass is 16.2. The number of H-pyrrole nitrogens is 1. The topological polar surface area (TPSA) is 69.3 Å². The molecule has 22 heavy (non-hydrogen) atoms. The van der Waals surface area contributed by atoms with Crippen LogP contribution in [-0.4, -0.2) is 57.8 Å². The molecule has 1 fully saturated rings. The van der Waals surface area contributed by atoms with Gasteiger partial charge in [-0.25, -0.2) is 0 Å². The van der Waals surface area contributed by atoms with Gasteiger partial charge in [0.05, 0.1) is 6.42 Å². The van der Waals surface area contributed by atoms with Gasteiger partial charge in [-0.05, 0) is 23.8 Å². The van der Waals surface area contributed by atoms with E-state index in [0.29, 0.717) is 38.3 Å². The van der Waals surface area contributed by atoms with Gasteiger partial charge in [0.15, 0.2) is 0 Å². The second kappa shape index (κ2) is 6.43. The maximum Gasteiger partial charge on any atom is 0.272 e. The Kier molecular flexibility index (Phi) is 4.18. The van der Waals surface area contributed by atoms with Crippen LogP contribution >= 0.6 is 0 Å². The fourth-order valence-electron chi connectivity index (χ4n) is 2.57. The van der Waals surface area contributed by atoms with Gasteiger partial charge in [0.2, 0.25) is 5.91 Å². The normalized spacial score (nSPS) is 14.9. The van der Waals surface area contributed by atoms with Crippen LogP contribution in [0.15, 0.2) is 42.9 Å². The van der Waals surface area contributed by atoms with E-state index in [0.717, 1.165) is 5.56 Å². The van der Waals surface area contributed by atoms with E-state index in [2.05, 4.69) is 9.97 Å². The Balaban J connectivity index is 1.54. The summed E-state index contributed by atoms with van der Waals surface area (Å²) < 4.78 is 0. The molecule has 0 unspecified atom stereocenters. The van der Waals surface area contributed by atoms with Gasteiger partial charge in [-0.3, -0.25) is 14.6 Å². The lowest BCUT2D eigenvalue weighted by Crippen LogP contribution is -2.51. The third-order valence-corrected chi connectivity index (χ3v) is 3.82. The van der Waals surface area contributed by atoms with Crippen molar-refractivity contribution < 1.29 is 9.59 Å². The lowest BCUT2D eigenvalue weighted by molar-refractivity contribution is -0.131. The van der Waals surface area contributed by atoms with Crippen LogP contribution in [0.1, 0.15) is 16.1 Å². The Labute approximate surface area is 128 Å². The van der Waals surface area contributed by atoms with Gasteiger partial charge in [-0.2, -0.15) is 0 Å². The van der Waals surface area contributed by atoms with Gasteiger partial charge < -0.3 is 14.8 Å². The minimum atomic E-state index is -0.0710. The molecule has 0 bridgehead atoms. The molecule has 0 spiro atoms. The van der Waals surface area contributed by atoms with Crippen LogP contribution in [0.3, 0.4) is 0 Å². The minimum Gasteiger partial charge on any atom is -0.367 e. The summed E-state index contributed by atoms with van der Waals surface area (Å²) in [4.78, 5) is 35.1. The van der Waals surface area contributed by atoms with Crippen LogP contribution in [0.4, 0.5) is 0 Å². The number of hydrogen-bond acceptors (Lipinski definition) is 3. The van der Waals surface area contributed by atoms with Crippen LogP contribution in [0.5, 0.6) is 0 Å². The number of carbonyl (C=O) groups is 2. The Bertz CT molecular complexity index is 631. The first-order valence-corrected chi connectivity index (χ1v) is 7.34. The molecular formula is C16H18N4O2. The largest absolute Gasteiger partial charge is 0.367 e. The van der Waals surface area contributed by atoms with Gasteiger partial charge in [0.25, 0.3) is 5.91 Å². The fourth-order valence-corrected chi connectivity index (χ4v) is 2.57. The smallest absolute Gasteiger partial charge is 0.272 e. The molecule has 1 saturated heterocycles. The highest BCUT2D eigenvalue weighted by Gasteiger charge is 2.25. The summed E-state index contributed by atoms with van der Waals surface area (Å²) in [7, 11) is 0. The Morgan fingerprint density at radius 2 is 1.86 bits per heavy atom. The first-order valence-electron chi connectivity index (χ1n) is 7.34. The molecule has 114 valence electrons. The lowest BCUT2D eigenvalue weighted by atomic mass is 10.2. The molecule has 1 aliphatic heterocycles. The molecule has 3 heterocycles. The fraction of sp³-hybridized carbons (Fsp3) is 0.312. The molecule has 0 saturated carbocycles. The maximum atomic E-state index is 12.3. The average molecular weight is 298 g/mol. The Morgan fingerprint density at radius 3 is 2.50 bits per heavy atom. The highest BCUT2D eigenvalue weighted by molar-refractivity contribution is 5.92. The van der Waals surface area contributed by atoms with Crippen molar-refractivity contribution in [1.82, 2.24) is 19.8 Å². The van der Waals surface area contributed by atoms with Crippen molar-refractivity contribution in [2.24, 2.45) is 0 Å². The highest BCUT2D eigenvalue weighted by Crippen LogP contribution is 2.09. The molecule has 2 aromatic heterocycles. The van der Waals surface area contributed by atoms with Crippen molar-refractivity contribution in [3.05, 3.63) is 54.1 Å². The summed E-state index contributed by atoms with van der Waals surface area (Å²) in [5.74, 6) is 0.0304. The van der Waals surface area contributed by atoms with Crippen LogP contribution in [-0.2, 0) is 11.2 Å². The molecule has 0 aliphatic carbocycles. The number of nitrogens with one attached hydrogen (secondary N) is 1. The first kappa shape index (κ1) is 14.3. The standard InChI is InChI=1S/C16H18N4O2/c21-15(11-13-4-6-17-12-13)19-7-9-20(10-8-19)16(22)14-3-1-2-5-18-14/h1-6,12,17H,7-11H2. The van der Waals surface area contributed by atoms with E-state index in [4.69, 9.17) is 0 Å². The monoisotopic (exact) mass is 298 g/mol. The lowest BCUT2D eigenvalue weighted by Gasteiger charge is -2.34. The van der Waals surface area contributed by atoms with Crippen LogP contribution < -0.4 is 0 Å². The number of hydrogen-bond donors (Lipinski definition) is 1. The van der Waals surface area contributed by atoms with Gasteiger partial charge in [0, 0.05) is 44.8 Å². The number of rotatable bonds is 3. The van der Waals surface area contributed by atoms with E-state index in [1.165, 1.54) is 0 Å². The van der Waals surface area contributed by atoms with Crippen molar-refractivity contribution in [1.29, 1.82) is 0 Å². The summed E-state index contributed by atoms with van der Waals surface area (Å²) in [5, 5.41) is 0. The van der Waals surface area contributed by atoms with Crippen molar-refractivity contribution in [3.8, 4) is 0 Å². The molecule has 6 heteroatoms. The summed E-state index contributed by atoms with van der Waals surface area (Å²) in [6, 6.07) is 7.20. The van der Waals surface area contributed by atoms with E-state index in [1.807, 2.05) is 23.4 Å². The number of piperazine rings is 1. The second-order valence-corrected chi connectivity index (χ2v) is 5.28. The predicted molar refractivity (Wildman–Crippen MR) is 81.2 cm³/mol. The number of aromatic amines is 1. The van der Waals surface area contributed by atoms with Crippen molar-refractivity contribution in [2.45, 2.75) is 6.42 Å². The minimum absolute atomic E-state index is 0.0710. The predicted octanol–water partition coefficient (Wildman–Crippen LogP) is 0.937. The molecule has 3 rings (SSSR count). The molecule has 2 amide bonds. The summed E-state index contributed by atoms with van der Waals surface area (Å²) >= 11 is 0. The Hall–Kier alpha value is -2.63. The molecular weight excluding hydrogens is 280 g/mol. The number of aromatic nitrogens is 2. The third-order valence-electron chi connectivity index (χ3n) is 3.82.